The van der Waals surface area contributed by atoms with E-state index in [9.17, 15) is 9.59 Å². The van der Waals surface area contributed by atoms with Crippen LogP contribution in [-0.4, -0.2) is 22.0 Å². The van der Waals surface area contributed by atoms with Crippen LogP contribution in [0.5, 0.6) is 0 Å². The number of pyridine rings is 1. The quantitative estimate of drug-likeness (QED) is 0.774. The van der Waals surface area contributed by atoms with Crippen LogP contribution in [0.4, 0.5) is 5.69 Å². The molecule has 0 aliphatic carbocycles. The first kappa shape index (κ1) is 15.8. The van der Waals surface area contributed by atoms with Crippen molar-refractivity contribution in [3.8, 4) is 0 Å². The van der Waals surface area contributed by atoms with Crippen LogP contribution in [0.2, 0.25) is 10.2 Å². The average Bonchev–Trinajstić information content (AvgIpc) is 2.40. The highest BCUT2D eigenvalue weighted by Crippen LogP contribution is 2.22. The van der Waals surface area contributed by atoms with E-state index >= 15 is 0 Å². The van der Waals surface area contributed by atoms with E-state index in [0.717, 1.165) is 0 Å². The largest absolute Gasteiger partial charge is 0.478 e. The number of anilines is 1. The summed E-state index contributed by atoms with van der Waals surface area (Å²) in [7, 11) is 0. The molecule has 1 aromatic heterocycles. The fourth-order valence-electron chi connectivity index (χ4n) is 1.55. The van der Waals surface area contributed by atoms with Crippen LogP contribution in [0.25, 0.3) is 0 Å². The Hall–Kier alpha value is -1.63. The van der Waals surface area contributed by atoms with E-state index in [2.05, 4.69) is 26.2 Å². The molecule has 0 atom stereocenters. The number of benzene rings is 1. The number of carboxylic acids is 1. The van der Waals surface area contributed by atoms with Gasteiger partial charge in [0.25, 0.3) is 5.91 Å². The van der Waals surface area contributed by atoms with Gasteiger partial charge in [0, 0.05) is 10.2 Å². The summed E-state index contributed by atoms with van der Waals surface area (Å²) in [6, 6.07) is 7.21. The lowest BCUT2D eigenvalue weighted by atomic mass is 10.2. The van der Waals surface area contributed by atoms with Gasteiger partial charge >= 0.3 is 5.97 Å². The van der Waals surface area contributed by atoms with Crippen molar-refractivity contribution in [3.05, 3.63) is 56.2 Å². The van der Waals surface area contributed by atoms with Gasteiger partial charge in [0.1, 0.15) is 10.8 Å². The van der Waals surface area contributed by atoms with Crippen molar-refractivity contribution in [2.24, 2.45) is 0 Å². The average molecular weight is 390 g/mol. The summed E-state index contributed by atoms with van der Waals surface area (Å²) >= 11 is 14.8. The molecule has 2 N–H and O–H groups in total. The minimum atomic E-state index is -1.11. The van der Waals surface area contributed by atoms with Gasteiger partial charge in [0.15, 0.2) is 0 Å². The van der Waals surface area contributed by atoms with Gasteiger partial charge < -0.3 is 10.4 Å². The molecule has 2 rings (SSSR count). The number of hydrogen-bond acceptors (Lipinski definition) is 3. The molecule has 108 valence electrons. The van der Waals surface area contributed by atoms with Crippen molar-refractivity contribution in [2.75, 3.05) is 5.32 Å². The summed E-state index contributed by atoms with van der Waals surface area (Å²) in [5.74, 6) is -1.69. The zero-order chi connectivity index (χ0) is 15.6. The van der Waals surface area contributed by atoms with Crippen molar-refractivity contribution in [1.29, 1.82) is 0 Å². The molecule has 1 heterocycles. The second-order valence-electron chi connectivity index (χ2n) is 3.95. The fourth-order valence-corrected chi connectivity index (χ4v) is 2.38. The highest BCUT2D eigenvalue weighted by Gasteiger charge is 2.14. The molecular weight excluding hydrogens is 383 g/mol. The van der Waals surface area contributed by atoms with Crippen LogP contribution in [0.3, 0.4) is 0 Å². The maximum Gasteiger partial charge on any atom is 0.335 e. The number of rotatable bonds is 3. The normalized spacial score (nSPS) is 10.2. The number of carbonyl (C=O) groups excluding carboxylic acids is 1. The molecule has 0 radical (unpaired) electrons. The van der Waals surface area contributed by atoms with Crippen LogP contribution in [0.15, 0.2) is 34.8 Å². The van der Waals surface area contributed by atoms with E-state index in [1.54, 1.807) is 6.07 Å². The number of carbonyl (C=O) groups is 2. The first-order valence-electron chi connectivity index (χ1n) is 5.54. The SMILES string of the molecule is O=C(O)c1cc(Br)cc(NC(=O)c2nc(Cl)ccc2Cl)c1. The lowest BCUT2D eigenvalue weighted by Gasteiger charge is -2.08. The van der Waals surface area contributed by atoms with Crippen LogP contribution < -0.4 is 5.32 Å². The van der Waals surface area contributed by atoms with Gasteiger partial charge in [-0.05, 0) is 30.3 Å². The number of nitrogens with one attached hydrogen (secondary N) is 1. The first-order valence-corrected chi connectivity index (χ1v) is 7.09. The second kappa shape index (κ2) is 6.43. The van der Waals surface area contributed by atoms with Gasteiger partial charge in [-0.15, -0.1) is 0 Å². The standard InChI is InChI=1S/C13H7BrCl2N2O3/c14-7-3-6(13(20)21)4-8(5-7)17-12(19)11-9(15)1-2-10(16)18-11/h1-5H,(H,17,19)(H,20,21). The zero-order valence-electron chi connectivity index (χ0n) is 10.2. The first-order chi connectivity index (χ1) is 9.86. The molecule has 0 fully saturated rings. The maximum absolute atomic E-state index is 12.1. The van der Waals surface area contributed by atoms with Crippen molar-refractivity contribution in [1.82, 2.24) is 4.98 Å². The predicted molar refractivity (Wildman–Crippen MR) is 83.3 cm³/mol. The Kier molecular flexibility index (Phi) is 4.82. The van der Waals surface area contributed by atoms with Crippen molar-refractivity contribution < 1.29 is 14.7 Å². The highest BCUT2D eigenvalue weighted by atomic mass is 79.9. The van der Waals surface area contributed by atoms with E-state index in [4.69, 9.17) is 28.3 Å². The third kappa shape index (κ3) is 3.93. The summed E-state index contributed by atoms with van der Waals surface area (Å²) in [6.45, 7) is 0. The van der Waals surface area contributed by atoms with E-state index < -0.39 is 11.9 Å². The van der Waals surface area contributed by atoms with Gasteiger partial charge in [0.05, 0.1) is 10.6 Å². The van der Waals surface area contributed by atoms with Crippen LogP contribution in [-0.2, 0) is 0 Å². The highest BCUT2D eigenvalue weighted by molar-refractivity contribution is 9.10. The number of carboxylic acid groups (broad SMARTS) is 1. The Balaban J connectivity index is 2.31. The minimum absolute atomic E-state index is 0.0322. The Labute approximate surface area is 138 Å². The molecule has 0 bridgehead atoms. The molecule has 0 saturated carbocycles. The second-order valence-corrected chi connectivity index (χ2v) is 5.66. The predicted octanol–water partition coefficient (Wildman–Crippen LogP) is 4.10. The smallest absolute Gasteiger partial charge is 0.335 e. The monoisotopic (exact) mass is 388 g/mol. The van der Waals surface area contributed by atoms with E-state index in [0.29, 0.717) is 10.2 Å². The Morgan fingerprint density at radius 1 is 1.19 bits per heavy atom. The number of amides is 1. The lowest BCUT2D eigenvalue weighted by molar-refractivity contribution is 0.0696. The fraction of sp³-hybridized carbons (Fsp3) is 0. The molecule has 21 heavy (non-hydrogen) atoms. The van der Waals surface area contributed by atoms with Gasteiger partial charge in [-0.25, -0.2) is 9.78 Å². The Morgan fingerprint density at radius 2 is 1.90 bits per heavy atom. The molecule has 5 nitrogen and oxygen atoms in total. The lowest BCUT2D eigenvalue weighted by Crippen LogP contribution is -2.15. The van der Waals surface area contributed by atoms with Crippen molar-refractivity contribution in [3.63, 3.8) is 0 Å². The van der Waals surface area contributed by atoms with E-state index in [1.807, 2.05) is 0 Å². The number of aromatic nitrogens is 1. The molecule has 2 aromatic rings. The summed E-state index contributed by atoms with van der Waals surface area (Å²) < 4.78 is 0.517. The number of hydrogen-bond donors (Lipinski definition) is 2. The molecule has 0 saturated heterocycles. The molecule has 0 unspecified atom stereocenters. The number of halogens is 3. The van der Waals surface area contributed by atoms with Gasteiger partial charge in [-0.3, -0.25) is 4.79 Å². The number of aromatic carboxylic acids is 1. The Bertz CT molecular complexity index is 737. The van der Waals surface area contributed by atoms with E-state index in [1.165, 1.54) is 24.3 Å². The molecular formula is C13H7BrCl2N2O3. The maximum atomic E-state index is 12.1. The van der Waals surface area contributed by atoms with Gasteiger partial charge in [0.2, 0.25) is 0 Å². The zero-order valence-corrected chi connectivity index (χ0v) is 13.3. The van der Waals surface area contributed by atoms with Crippen LogP contribution >= 0.6 is 39.1 Å². The van der Waals surface area contributed by atoms with Gasteiger partial charge in [-0.2, -0.15) is 0 Å². The summed E-state index contributed by atoms with van der Waals surface area (Å²) in [5, 5.41) is 11.8. The summed E-state index contributed by atoms with van der Waals surface area (Å²) in [6.07, 6.45) is 0. The molecule has 1 amide bonds. The molecule has 0 spiro atoms. The topological polar surface area (TPSA) is 79.3 Å². The minimum Gasteiger partial charge on any atom is -0.478 e. The van der Waals surface area contributed by atoms with E-state index in [-0.39, 0.29) is 21.4 Å². The van der Waals surface area contributed by atoms with Crippen molar-refractivity contribution in [2.45, 2.75) is 0 Å². The third-order valence-corrected chi connectivity index (χ3v) is 3.40. The number of nitrogens with zero attached hydrogens (tertiary/aromatic N) is 1. The van der Waals surface area contributed by atoms with Crippen LogP contribution in [0.1, 0.15) is 20.8 Å². The third-order valence-electron chi connectivity index (χ3n) is 2.43. The van der Waals surface area contributed by atoms with Crippen molar-refractivity contribution >= 4 is 56.7 Å². The molecule has 0 aliphatic rings. The van der Waals surface area contributed by atoms with Crippen LogP contribution in [0, 0.1) is 0 Å². The molecule has 8 heteroatoms. The van der Waals surface area contributed by atoms with Gasteiger partial charge in [-0.1, -0.05) is 39.1 Å². The Morgan fingerprint density at radius 3 is 2.57 bits per heavy atom. The molecule has 1 aromatic carbocycles. The summed E-state index contributed by atoms with van der Waals surface area (Å²) in [5.41, 5.74) is 0.287. The molecule has 0 aliphatic heterocycles. The summed E-state index contributed by atoms with van der Waals surface area (Å²) in [4.78, 5) is 26.9.